The van der Waals surface area contributed by atoms with Gasteiger partial charge < -0.3 is 10.6 Å². The number of nitrogens with two attached hydrogens (primary N) is 1. The molecule has 1 aliphatic rings. The molecule has 22 heavy (non-hydrogen) atoms. The minimum Gasteiger partial charge on any atom is -0.369 e. The molecule has 0 aliphatic carbocycles. The first kappa shape index (κ1) is 15.1. The molecule has 0 bridgehead atoms. The molecule has 4 nitrogen and oxygen atoms in total. The SMILES string of the molecule is Cc1ccccc1-n1ncc(N2CCC(N)CC2)c1C(C)C. The summed E-state index contributed by atoms with van der Waals surface area (Å²) in [5, 5.41) is 4.71. The summed E-state index contributed by atoms with van der Waals surface area (Å²) in [5.74, 6) is 0.424. The summed E-state index contributed by atoms with van der Waals surface area (Å²) in [5.41, 5.74) is 11.0. The van der Waals surface area contributed by atoms with Crippen LogP contribution in [0.5, 0.6) is 0 Å². The second-order valence-electron chi connectivity index (χ2n) is 6.59. The molecule has 1 aliphatic heterocycles. The van der Waals surface area contributed by atoms with E-state index in [1.54, 1.807) is 0 Å². The Bertz CT molecular complexity index is 636. The zero-order valence-corrected chi connectivity index (χ0v) is 13.8. The summed E-state index contributed by atoms with van der Waals surface area (Å²) in [6, 6.07) is 8.79. The van der Waals surface area contributed by atoms with Crippen LogP contribution < -0.4 is 10.6 Å². The summed E-state index contributed by atoms with van der Waals surface area (Å²) in [6.07, 6.45) is 4.15. The highest BCUT2D eigenvalue weighted by Gasteiger charge is 2.23. The van der Waals surface area contributed by atoms with Gasteiger partial charge in [-0.25, -0.2) is 4.68 Å². The van der Waals surface area contributed by atoms with E-state index in [0.717, 1.165) is 25.9 Å². The van der Waals surface area contributed by atoms with Gasteiger partial charge in [0.25, 0.3) is 0 Å². The maximum Gasteiger partial charge on any atom is 0.0792 e. The van der Waals surface area contributed by atoms with Crippen LogP contribution in [0.4, 0.5) is 5.69 Å². The zero-order chi connectivity index (χ0) is 15.7. The average Bonchev–Trinajstić information content (AvgIpc) is 2.93. The van der Waals surface area contributed by atoms with Crippen molar-refractivity contribution in [3.63, 3.8) is 0 Å². The van der Waals surface area contributed by atoms with Crippen LogP contribution in [0.25, 0.3) is 5.69 Å². The van der Waals surface area contributed by atoms with Crippen molar-refractivity contribution in [1.82, 2.24) is 9.78 Å². The van der Waals surface area contributed by atoms with Crippen LogP contribution in [0.2, 0.25) is 0 Å². The monoisotopic (exact) mass is 298 g/mol. The molecule has 2 aromatic rings. The van der Waals surface area contributed by atoms with Crippen molar-refractivity contribution in [1.29, 1.82) is 0 Å². The summed E-state index contributed by atoms with van der Waals surface area (Å²) >= 11 is 0. The molecule has 0 atom stereocenters. The van der Waals surface area contributed by atoms with Crippen molar-refractivity contribution >= 4 is 5.69 Å². The molecule has 1 saturated heterocycles. The van der Waals surface area contributed by atoms with E-state index < -0.39 is 0 Å². The Balaban J connectivity index is 2.01. The molecule has 1 fully saturated rings. The van der Waals surface area contributed by atoms with Crippen LogP contribution in [0, 0.1) is 6.92 Å². The number of anilines is 1. The number of nitrogens with zero attached hydrogens (tertiary/aromatic N) is 3. The Morgan fingerprint density at radius 2 is 1.82 bits per heavy atom. The molecule has 3 rings (SSSR count). The topological polar surface area (TPSA) is 47.1 Å². The predicted octanol–water partition coefficient (Wildman–Crippen LogP) is 3.23. The number of aromatic nitrogens is 2. The summed E-state index contributed by atoms with van der Waals surface area (Å²) < 4.78 is 2.11. The average molecular weight is 298 g/mol. The maximum atomic E-state index is 6.04. The van der Waals surface area contributed by atoms with Gasteiger partial charge in [0.05, 0.1) is 23.3 Å². The first-order chi connectivity index (χ1) is 10.6. The first-order valence-electron chi connectivity index (χ1n) is 8.22. The largest absolute Gasteiger partial charge is 0.369 e. The Morgan fingerprint density at radius 3 is 2.45 bits per heavy atom. The molecule has 0 unspecified atom stereocenters. The predicted molar refractivity (Wildman–Crippen MR) is 91.8 cm³/mol. The number of piperidine rings is 1. The number of rotatable bonds is 3. The van der Waals surface area contributed by atoms with Crippen LogP contribution in [0.1, 0.15) is 43.9 Å². The lowest BCUT2D eigenvalue weighted by atomic mass is 10.0. The Hall–Kier alpha value is -1.81. The molecule has 0 saturated carbocycles. The molecule has 1 aromatic carbocycles. The first-order valence-corrected chi connectivity index (χ1v) is 8.22. The van der Waals surface area contributed by atoms with E-state index >= 15 is 0 Å². The van der Waals surface area contributed by atoms with Gasteiger partial charge in [0.2, 0.25) is 0 Å². The van der Waals surface area contributed by atoms with Gasteiger partial charge in [0.1, 0.15) is 0 Å². The smallest absolute Gasteiger partial charge is 0.0792 e. The van der Waals surface area contributed by atoms with Crippen molar-refractivity contribution in [2.45, 2.75) is 45.6 Å². The molecular formula is C18H26N4. The Morgan fingerprint density at radius 1 is 1.14 bits per heavy atom. The minimum absolute atomic E-state index is 0.352. The van der Waals surface area contributed by atoms with Crippen LogP contribution in [0.3, 0.4) is 0 Å². The summed E-state index contributed by atoms with van der Waals surface area (Å²) in [7, 11) is 0. The van der Waals surface area contributed by atoms with E-state index in [2.05, 4.69) is 54.6 Å². The summed E-state index contributed by atoms with van der Waals surface area (Å²) in [4.78, 5) is 2.44. The highest BCUT2D eigenvalue weighted by molar-refractivity contribution is 5.55. The Labute approximate surface area is 132 Å². The van der Waals surface area contributed by atoms with Gasteiger partial charge in [-0.15, -0.1) is 0 Å². The molecule has 4 heteroatoms. The van der Waals surface area contributed by atoms with Crippen molar-refractivity contribution in [3.05, 3.63) is 41.7 Å². The highest BCUT2D eigenvalue weighted by Crippen LogP contribution is 2.32. The van der Waals surface area contributed by atoms with Gasteiger partial charge in [0, 0.05) is 19.1 Å². The van der Waals surface area contributed by atoms with Gasteiger partial charge in [-0.3, -0.25) is 0 Å². The van der Waals surface area contributed by atoms with Crippen LogP contribution >= 0.6 is 0 Å². The molecule has 0 amide bonds. The quantitative estimate of drug-likeness (QED) is 0.946. The molecule has 2 heterocycles. The Kier molecular flexibility index (Phi) is 4.21. The third-order valence-corrected chi connectivity index (χ3v) is 4.56. The van der Waals surface area contributed by atoms with Crippen LogP contribution in [-0.4, -0.2) is 28.9 Å². The number of hydrogen-bond donors (Lipinski definition) is 1. The molecule has 0 radical (unpaired) electrons. The third kappa shape index (κ3) is 2.75. The maximum absolute atomic E-state index is 6.04. The van der Waals surface area contributed by atoms with Crippen LogP contribution in [0.15, 0.2) is 30.5 Å². The number of aryl methyl sites for hydroxylation is 1. The van der Waals surface area contributed by atoms with E-state index in [-0.39, 0.29) is 0 Å². The normalized spacial score (nSPS) is 16.5. The molecule has 1 aromatic heterocycles. The molecule has 0 spiro atoms. The minimum atomic E-state index is 0.352. The lowest BCUT2D eigenvalue weighted by molar-refractivity contribution is 0.499. The second kappa shape index (κ2) is 6.13. The van der Waals surface area contributed by atoms with Crippen molar-refractivity contribution in [2.75, 3.05) is 18.0 Å². The number of hydrogen-bond acceptors (Lipinski definition) is 3. The number of para-hydroxylation sites is 1. The van der Waals surface area contributed by atoms with E-state index in [4.69, 9.17) is 10.8 Å². The number of benzene rings is 1. The van der Waals surface area contributed by atoms with Crippen molar-refractivity contribution in [2.24, 2.45) is 5.73 Å². The molecule has 2 N–H and O–H groups in total. The summed E-state index contributed by atoms with van der Waals surface area (Å²) in [6.45, 7) is 8.68. The van der Waals surface area contributed by atoms with E-state index in [0.29, 0.717) is 12.0 Å². The second-order valence-corrected chi connectivity index (χ2v) is 6.59. The lowest BCUT2D eigenvalue weighted by Gasteiger charge is -2.32. The van der Waals surface area contributed by atoms with E-state index in [9.17, 15) is 0 Å². The fourth-order valence-corrected chi connectivity index (χ4v) is 3.27. The molecular weight excluding hydrogens is 272 g/mol. The van der Waals surface area contributed by atoms with Gasteiger partial charge in [-0.2, -0.15) is 5.10 Å². The molecule has 118 valence electrons. The van der Waals surface area contributed by atoms with Gasteiger partial charge in [0.15, 0.2) is 0 Å². The highest BCUT2D eigenvalue weighted by atomic mass is 15.3. The van der Waals surface area contributed by atoms with Gasteiger partial charge in [-0.05, 0) is 37.3 Å². The van der Waals surface area contributed by atoms with Gasteiger partial charge in [-0.1, -0.05) is 32.0 Å². The fraction of sp³-hybridized carbons (Fsp3) is 0.500. The van der Waals surface area contributed by atoms with E-state index in [1.807, 2.05) is 6.20 Å². The lowest BCUT2D eigenvalue weighted by Crippen LogP contribution is -2.40. The van der Waals surface area contributed by atoms with Gasteiger partial charge >= 0.3 is 0 Å². The third-order valence-electron chi connectivity index (χ3n) is 4.56. The standard InChI is InChI=1S/C18H26N4/c1-13(2)18-17(21-10-8-15(19)9-11-21)12-20-22(18)16-7-5-4-6-14(16)3/h4-7,12-13,15H,8-11,19H2,1-3H3. The van der Waals surface area contributed by atoms with Crippen molar-refractivity contribution in [3.8, 4) is 5.69 Å². The van der Waals surface area contributed by atoms with E-state index in [1.165, 1.54) is 22.6 Å². The zero-order valence-electron chi connectivity index (χ0n) is 13.8. The van der Waals surface area contributed by atoms with Crippen molar-refractivity contribution < 1.29 is 0 Å². The fourth-order valence-electron chi connectivity index (χ4n) is 3.27. The van der Waals surface area contributed by atoms with Crippen LogP contribution in [-0.2, 0) is 0 Å².